The number of piperazine rings is 2. The highest BCUT2D eigenvalue weighted by Gasteiger charge is 2.58. The fourth-order valence-electron chi connectivity index (χ4n) is 9.29. The van der Waals surface area contributed by atoms with Crippen LogP contribution in [0, 0.1) is 11.6 Å². The molecule has 0 bridgehead atoms. The molecule has 0 unspecified atom stereocenters. The summed E-state index contributed by atoms with van der Waals surface area (Å²) in [6.45, 7) is 14.4. The van der Waals surface area contributed by atoms with Crippen LogP contribution in [0.5, 0.6) is 0 Å². The Morgan fingerprint density at radius 3 is 1.47 bits per heavy atom. The maximum atomic E-state index is 16.0. The minimum Gasteiger partial charge on any atom is -0.399 e. The average Bonchev–Trinajstić information content (AvgIpc) is 4.01. The van der Waals surface area contributed by atoms with Gasteiger partial charge in [-0.3, -0.25) is 14.6 Å². The molecule has 0 saturated carbocycles. The smallest absolute Gasteiger partial charge is 0.399 e. The summed E-state index contributed by atoms with van der Waals surface area (Å²) in [5.41, 5.74) is 2.68. The Hall–Kier alpha value is -7.48. The molecule has 10 rings (SSSR count). The minimum atomic E-state index is -4.14. The Bertz CT molecular complexity index is 3000. The fourth-order valence-corrected chi connectivity index (χ4v) is 9.29. The first-order chi connectivity index (χ1) is 35.5. The molecule has 3 saturated heterocycles. The molecule has 5 aromatic carbocycles. The van der Waals surface area contributed by atoms with Crippen LogP contribution >= 0.6 is 0 Å². The lowest BCUT2D eigenvalue weighted by molar-refractivity contribution is -0.207. The zero-order valence-corrected chi connectivity index (χ0v) is 41.5. The van der Waals surface area contributed by atoms with Crippen LogP contribution in [-0.2, 0) is 27.4 Å². The van der Waals surface area contributed by atoms with E-state index in [9.17, 15) is 23.5 Å². The summed E-state index contributed by atoms with van der Waals surface area (Å²) in [7, 11) is -0.319. The van der Waals surface area contributed by atoms with E-state index in [1.807, 2.05) is 60.7 Å². The van der Waals surface area contributed by atoms with Crippen LogP contribution in [0.2, 0.25) is 0 Å². The molecule has 0 amide bonds. The highest BCUT2D eigenvalue weighted by Crippen LogP contribution is 2.47. The molecule has 0 radical (unpaired) electrons. The molecule has 3 aliphatic heterocycles. The molecule has 3 fully saturated rings. The molecule has 0 spiro atoms. The van der Waals surface area contributed by atoms with E-state index in [-0.39, 0.29) is 25.7 Å². The predicted octanol–water partition coefficient (Wildman–Crippen LogP) is 8.59. The van der Waals surface area contributed by atoms with Crippen LogP contribution < -0.4 is 25.1 Å². The molecule has 2 aromatic heterocycles. The lowest BCUT2D eigenvalue weighted by Crippen LogP contribution is -2.48. The highest BCUT2D eigenvalue weighted by atomic mass is 19.3. The Kier molecular flexibility index (Phi) is 15.9. The van der Waals surface area contributed by atoms with E-state index in [2.05, 4.69) is 92.1 Å². The molecule has 1 N–H and O–H groups in total. The van der Waals surface area contributed by atoms with Crippen molar-refractivity contribution in [3.63, 3.8) is 0 Å². The van der Waals surface area contributed by atoms with Gasteiger partial charge >= 0.3 is 13.0 Å². The normalized spacial score (nSPS) is 17.1. The van der Waals surface area contributed by atoms with E-state index in [1.165, 1.54) is 23.6 Å². The summed E-state index contributed by atoms with van der Waals surface area (Å²) < 4.78 is 73.6. The number of halogens is 4. The summed E-state index contributed by atoms with van der Waals surface area (Å²) in [4.78, 5) is 35.0. The molecule has 390 valence electrons. The van der Waals surface area contributed by atoms with Crippen LogP contribution in [-0.4, -0.2) is 114 Å². The number of aliphatic hydroxyl groups is 1. The number of pyridine rings is 1. The first-order valence-electron chi connectivity index (χ1n) is 24.4. The SMILES string of the molecule is C.CC1(C)OB(c2ccc(N3CCN(c4ccc(C=O)cc4)CC3)cc2)OC1(C)C.O=Cc1ccc(N2CCN(c3ccc(-c4ccc(C(F)(F)[C@](O)(Cn5cnnn5)c5ccc(F)cc5F)nc4)cc3)CC2)cc1. The highest BCUT2D eigenvalue weighted by molar-refractivity contribution is 6.62. The number of aldehydes is 2. The lowest BCUT2D eigenvalue weighted by Gasteiger charge is -2.37. The molecule has 7 aromatic rings. The second-order valence-corrected chi connectivity index (χ2v) is 19.6. The van der Waals surface area contributed by atoms with E-state index in [4.69, 9.17) is 9.31 Å². The second kappa shape index (κ2) is 22.2. The molecule has 75 heavy (non-hydrogen) atoms. The van der Waals surface area contributed by atoms with Crippen molar-refractivity contribution < 1.29 is 41.6 Å². The Morgan fingerprint density at radius 1 is 0.627 bits per heavy atom. The van der Waals surface area contributed by atoms with E-state index in [0.717, 1.165) is 122 Å². The van der Waals surface area contributed by atoms with Gasteiger partial charge in [-0.15, -0.1) is 5.10 Å². The van der Waals surface area contributed by atoms with Gasteiger partial charge in [0.25, 0.3) is 0 Å². The summed E-state index contributed by atoms with van der Waals surface area (Å²) in [5.74, 6) is -6.47. The number of hydrogen-bond acceptors (Lipinski definition) is 13. The van der Waals surface area contributed by atoms with Gasteiger partial charge in [-0.25, -0.2) is 13.5 Å². The monoisotopic (exact) mass is 1030 g/mol. The Balaban J connectivity index is 0.000000215. The first kappa shape index (κ1) is 53.8. The first-order valence-corrected chi connectivity index (χ1v) is 24.4. The molecular formula is C56H60BF4N9O5. The number of aromatic nitrogens is 5. The number of anilines is 4. The molecule has 1 atom stereocenters. The number of rotatable bonds is 13. The van der Waals surface area contributed by atoms with E-state index < -0.39 is 41.0 Å². The van der Waals surface area contributed by atoms with Gasteiger partial charge in [-0.05, 0) is 140 Å². The minimum absolute atomic E-state index is 0. The zero-order chi connectivity index (χ0) is 52.3. The summed E-state index contributed by atoms with van der Waals surface area (Å²) in [5, 5.41) is 21.7. The molecule has 14 nitrogen and oxygen atoms in total. The second-order valence-electron chi connectivity index (χ2n) is 19.6. The van der Waals surface area contributed by atoms with Crippen LogP contribution in [0.4, 0.5) is 40.3 Å². The number of carbonyl (C=O) groups excluding carboxylic acids is 2. The standard InChI is InChI=1S/C32H27F4N7O2.C23H29BN2O3.CH4/c33-25-6-11-28(29(34)17-25)31(45,20-43-21-38-39-40-43)32(35,36)30-12-5-24(18-37-30)23-3-9-27(10-4-23)42-15-13-41(14-16-42)26-7-1-22(19-44)2-8-26;1-22(2)23(3,4)29-24(28-22)19-7-11-21(12-8-19)26-15-13-25(14-16-26)20-9-5-18(17-27)6-10-20;/h1-12,17-19,21,45H,13-16,20H2;5-12,17H,13-16H2,1-4H3;1H4/t31-;;/m0../s1. The fraction of sp³-hybridized carbons (Fsp3) is 0.321. The quantitative estimate of drug-likeness (QED) is 0.0670. The molecule has 3 aliphatic rings. The van der Waals surface area contributed by atoms with Gasteiger partial charge in [0.1, 0.15) is 36.2 Å². The molecule has 19 heteroatoms. The summed E-state index contributed by atoms with van der Waals surface area (Å²) in [6.07, 6.45) is 3.96. The van der Waals surface area contributed by atoms with Crippen molar-refractivity contribution >= 4 is 47.9 Å². The van der Waals surface area contributed by atoms with Crippen LogP contribution in [0.25, 0.3) is 11.1 Å². The zero-order valence-electron chi connectivity index (χ0n) is 41.5. The van der Waals surface area contributed by atoms with Crippen LogP contribution in [0.1, 0.15) is 67.1 Å². The van der Waals surface area contributed by atoms with Gasteiger partial charge < -0.3 is 34.0 Å². The van der Waals surface area contributed by atoms with Gasteiger partial charge in [0.05, 0.1) is 17.7 Å². The number of tetrazole rings is 1. The third kappa shape index (κ3) is 11.5. The molecule has 5 heterocycles. The van der Waals surface area contributed by atoms with E-state index >= 15 is 8.78 Å². The van der Waals surface area contributed by atoms with Gasteiger partial charge in [-0.1, -0.05) is 37.8 Å². The van der Waals surface area contributed by atoms with Crippen molar-refractivity contribution in [2.24, 2.45) is 0 Å². The van der Waals surface area contributed by atoms with Crippen molar-refractivity contribution in [2.45, 2.75) is 64.4 Å². The van der Waals surface area contributed by atoms with Gasteiger partial charge in [0, 0.05) is 110 Å². The maximum Gasteiger partial charge on any atom is 0.494 e. The van der Waals surface area contributed by atoms with Crippen molar-refractivity contribution in [2.75, 3.05) is 72.0 Å². The maximum absolute atomic E-state index is 16.0. The third-order valence-electron chi connectivity index (χ3n) is 14.5. The number of hydrogen-bond donors (Lipinski definition) is 1. The van der Waals surface area contributed by atoms with Gasteiger partial charge in [0.15, 0.2) is 5.60 Å². The predicted molar refractivity (Wildman–Crippen MR) is 283 cm³/mol. The topological polar surface area (TPSA) is 142 Å². The average molecular weight is 1030 g/mol. The number of nitrogens with zero attached hydrogens (tertiary/aromatic N) is 9. The van der Waals surface area contributed by atoms with Gasteiger partial charge in [0.2, 0.25) is 0 Å². The summed E-state index contributed by atoms with van der Waals surface area (Å²) >= 11 is 0. The number of benzene rings is 5. The van der Waals surface area contributed by atoms with Gasteiger partial charge in [-0.2, -0.15) is 8.78 Å². The van der Waals surface area contributed by atoms with Crippen molar-refractivity contribution in [1.82, 2.24) is 25.2 Å². The molecule has 0 aliphatic carbocycles. The Labute approximate surface area is 434 Å². The van der Waals surface area contributed by atoms with E-state index in [0.29, 0.717) is 17.2 Å². The number of carbonyl (C=O) groups is 2. The third-order valence-corrected chi connectivity index (χ3v) is 14.5. The van der Waals surface area contributed by atoms with Crippen molar-refractivity contribution in [1.29, 1.82) is 0 Å². The van der Waals surface area contributed by atoms with E-state index in [1.54, 1.807) is 12.1 Å². The Morgan fingerprint density at radius 2 is 1.07 bits per heavy atom. The van der Waals surface area contributed by atoms with Crippen molar-refractivity contribution in [3.05, 3.63) is 174 Å². The van der Waals surface area contributed by atoms with Crippen LogP contribution in [0.15, 0.2) is 140 Å². The van der Waals surface area contributed by atoms with Crippen LogP contribution in [0.3, 0.4) is 0 Å². The summed E-state index contributed by atoms with van der Waals surface area (Å²) in [6, 6.07) is 36.0. The van der Waals surface area contributed by atoms with Crippen molar-refractivity contribution in [3.8, 4) is 11.1 Å². The molecular weight excluding hydrogens is 965 g/mol. The largest absolute Gasteiger partial charge is 0.494 e. The lowest BCUT2D eigenvalue weighted by atomic mass is 9.79. The number of alkyl halides is 2.